The van der Waals surface area contributed by atoms with Crippen LogP contribution in [0.2, 0.25) is 0 Å². The molecule has 0 spiro atoms. The van der Waals surface area contributed by atoms with E-state index in [1.54, 1.807) is 0 Å². The number of hydrogen-bond acceptors (Lipinski definition) is 8. The molecule has 1 aliphatic heterocycles. The van der Waals surface area contributed by atoms with E-state index in [1.165, 1.54) is 11.9 Å². The van der Waals surface area contributed by atoms with Crippen LogP contribution in [0.1, 0.15) is 0 Å². The molecule has 0 aromatic carbocycles. The second kappa shape index (κ2) is 7.27. The number of ether oxygens (including phenoxy) is 2. The Morgan fingerprint density at radius 2 is 1.95 bits per heavy atom. The van der Waals surface area contributed by atoms with Crippen LogP contribution < -0.4 is 0 Å². The number of hydrogen-bond donors (Lipinski definition) is 5. The molecule has 0 aromatic rings. The molecule has 0 bridgehead atoms. The Kier molecular flexibility index (Phi) is 6.30. The molecular weight excluding hydrogens is 278 g/mol. The van der Waals surface area contributed by atoms with Gasteiger partial charge in [-0.05, 0) is 0 Å². The monoisotopic (exact) mass is 297 g/mol. The van der Waals surface area contributed by atoms with Crippen LogP contribution >= 0.6 is 12.6 Å². The first-order valence-electron chi connectivity index (χ1n) is 5.75. The van der Waals surface area contributed by atoms with Gasteiger partial charge in [-0.15, -0.1) is 0 Å². The number of thiol groups is 1. The third-order valence-electron chi connectivity index (χ3n) is 2.81. The van der Waals surface area contributed by atoms with E-state index in [4.69, 9.17) is 14.6 Å². The number of aliphatic hydroxyl groups is 4. The molecule has 5 atom stereocenters. The van der Waals surface area contributed by atoms with Gasteiger partial charge in [0.25, 0.3) is 0 Å². The smallest absolute Gasteiger partial charge is 0.411 e. The fraction of sp³-hybridized carbons (Fsp3) is 0.900. The first-order chi connectivity index (χ1) is 8.92. The minimum absolute atomic E-state index is 0.333. The first kappa shape index (κ1) is 16.5. The Morgan fingerprint density at radius 1 is 1.32 bits per heavy atom. The molecular formula is C10H19NO7S. The van der Waals surface area contributed by atoms with Crippen LogP contribution in [0.15, 0.2) is 0 Å². The minimum atomic E-state index is -1.59. The fourth-order valence-corrected chi connectivity index (χ4v) is 1.90. The second-order valence-electron chi connectivity index (χ2n) is 4.23. The van der Waals surface area contributed by atoms with Gasteiger partial charge < -0.3 is 34.8 Å². The number of aliphatic hydroxyl groups excluding tert-OH is 4. The highest BCUT2D eigenvalue weighted by atomic mass is 32.1. The van der Waals surface area contributed by atoms with Crippen molar-refractivity contribution >= 4 is 18.7 Å². The molecule has 0 unspecified atom stereocenters. The summed E-state index contributed by atoms with van der Waals surface area (Å²) in [7, 11) is 1.47. The lowest BCUT2D eigenvalue weighted by Gasteiger charge is -2.39. The van der Waals surface area contributed by atoms with Crippen molar-refractivity contribution in [1.29, 1.82) is 0 Å². The first-order valence-corrected chi connectivity index (χ1v) is 6.38. The Labute approximate surface area is 115 Å². The van der Waals surface area contributed by atoms with Crippen LogP contribution in [0.3, 0.4) is 0 Å². The van der Waals surface area contributed by atoms with Gasteiger partial charge in [0, 0.05) is 19.3 Å². The summed E-state index contributed by atoms with van der Waals surface area (Å²) in [5.74, 6) is 0.431. The Bertz CT molecular complexity index is 304. The topological polar surface area (TPSA) is 120 Å². The molecule has 0 aliphatic carbocycles. The van der Waals surface area contributed by atoms with E-state index in [-0.39, 0.29) is 0 Å². The molecule has 4 N–H and O–H groups in total. The summed E-state index contributed by atoms with van der Waals surface area (Å²) in [6, 6.07) is 0. The standard InChI is InChI=1S/C10H19NO7S/c1-11(2-3-19)10(16)18-9-8(15)7(14)6(13)5(4-12)17-9/h5-9,12-15,19H,2-4H2,1H3/t5-,6+,7+,8-,9+/m1/s1. The van der Waals surface area contributed by atoms with Gasteiger partial charge in [0.15, 0.2) is 0 Å². The second-order valence-corrected chi connectivity index (χ2v) is 4.67. The largest absolute Gasteiger partial charge is 0.416 e. The van der Waals surface area contributed by atoms with Crippen molar-refractivity contribution in [2.45, 2.75) is 30.7 Å². The Morgan fingerprint density at radius 3 is 2.47 bits per heavy atom. The maximum absolute atomic E-state index is 11.6. The van der Waals surface area contributed by atoms with E-state index in [9.17, 15) is 20.1 Å². The zero-order valence-corrected chi connectivity index (χ0v) is 11.3. The van der Waals surface area contributed by atoms with E-state index in [0.717, 1.165) is 0 Å². The summed E-state index contributed by atoms with van der Waals surface area (Å²) >= 11 is 3.96. The molecule has 1 rings (SSSR count). The molecule has 1 amide bonds. The summed E-state index contributed by atoms with van der Waals surface area (Å²) in [6.45, 7) is -0.245. The average Bonchev–Trinajstić information content (AvgIpc) is 2.39. The Balaban J connectivity index is 2.64. The molecule has 0 aromatic heterocycles. The van der Waals surface area contributed by atoms with E-state index in [1.807, 2.05) is 0 Å². The average molecular weight is 297 g/mol. The molecule has 1 aliphatic rings. The van der Waals surface area contributed by atoms with Gasteiger partial charge >= 0.3 is 6.09 Å². The highest BCUT2D eigenvalue weighted by molar-refractivity contribution is 7.80. The third-order valence-corrected chi connectivity index (χ3v) is 3.01. The van der Waals surface area contributed by atoms with E-state index < -0.39 is 43.4 Å². The van der Waals surface area contributed by atoms with Crippen molar-refractivity contribution in [3.63, 3.8) is 0 Å². The minimum Gasteiger partial charge on any atom is -0.416 e. The molecule has 9 heteroatoms. The van der Waals surface area contributed by atoms with Crippen LogP contribution in [-0.2, 0) is 9.47 Å². The lowest BCUT2D eigenvalue weighted by Crippen LogP contribution is -2.59. The number of amides is 1. The lowest BCUT2D eigenvalue weighted by molar-refractivity contribution is -0.286. The van der Waals surface area contributed by atoms with Crippen LogP contribution in [0.25, 0.3) is 0 Å². The van der Waals surface area contributed by atoms with E-state index >= 15 is 0 Å². The number of carbonyl (C=O) groups excluding carboxylic acids is 1. The maximum Gasteiger partial charge on any atom is 0.411 e. The van der Waals surface area contributed by atoms with Crippen LogP contribution in [0.4, 0.5) is 4.79 Å². The molecule has 0 radical (unpaired) electrons. The van der Waals surface area contributed by atoms with Gasteiger partial charge in [-0.2, -0.15) is 12.6 Å². The zero-order valence-electron chi connectivity index (χ0n) is 10.4. The number of carbonyl (C=O) groups is 1. The molecule has 1 saturated heterocycles. The summed E-state index contributed by atoms with van der Waals surface area (Å²) in [5, 5.41) is 37.7. The Hall–Kier alpha value is -0.580. The highest BCUT2D eigenvalue weighted by Crippen LogP contribution is 2.22. The quantitative estimate of drug-likeness (QED) is 0.373. The van der Waals surface area contributed by atoms with E-state index in [0.29, 0.717) is 12.3 Å². The van der Waals surface area contributed by atoms with Crippen molar-refractivity contribution in [1.82, 2.24) is 4.90 Å². The van der Waals surface area contributed by atoms with Crippen LogP contribution in [0.5, 0.6) is 0 Å². The van der Waals surface area contributed by atoms with Crippen molar-refractivity contribution in [3.8, 4) is 0 Å². The summed E-state index contributed by atoms with van der Waals surface area (Å²) in [6.07, 6.45) is -7.97. The zero-order chi connectivity index (χ0) is 14.6. The summed E-state index contributed by atoms with van der Waals surface area (Å²) < 4.78 is 9.90. The van der Waals surface area contributed by atoms with Gasteiger partial charge in [-0.1, -0.05) is 0 Å². The molecule has 8 nitrogen and oxygen atoms in total. The predicted octanol–water partition coefficient (Wildman–Crippen LogP) is -2.22. The summed E-state index contributed by atoms with van der Waals surface area (Å²) in [4.78, 5) is 12.8. The van der Waals surface area contributed by atoms with Crippen molar-refractivity contribution in [2.75, 3.05) is 26.0 Å². The van der Waals surface area contributed by atoms with Gasteiger partial charge in [0.1, 0.15) is 24.4 Å². The molecule has 19 heavy (non-hydrogen) atoms. The fourth-order valence-electron chi connectivity index (χ4n) is 1.60. The van der Waals surface area contributed by atoms with Gasteiger partial charge in [-0.25, -0.2) is 4.79 Å². The van der Waals surface area contributed by atoms with Crippen LogP contribution in [0, 0.1) is 0 Å². The molecule has 0 saturated carbocycles. The molecule has 1 fully saturated rings. The number of rotatable bonds is 4. The predicted molar refractivity (Wildman–Crippen MR) is 66.7 cm³/mol. The van der Waals surface area contributed by atoms with Crippen LogP contribution in [-0.4, -0.2) is 88.1 Å². The van der Waals surface area contributed by atoms with Gasteiger partial charge in [0.05, 0.1) is 6.61 Å². The van der Waals surface area contributed by atoms with Crippen molar-refractivity contribution < 1.29 is 34.7 Å². The van der Waals surface area contributed by atoms with E-state index in [2.05, 4.69) is 12.6 Å². The maximum atomic E-state index is 11.6. The third kappa shape index (κ3) is 3.94. The molecule has 1 heterocycles. The van der Waals surface area contributed by atoms with Crippen molar-refractivity contribution in [3.05, 3.63) is 0 Å². The van der Waals surface area contributed by atoms with Gasteiger partial charge in [0.2, 0.25) is 6.29 Å². The van der Waals surface area contributed by atoms with Gasteiger partial charge in [-0.3, -0.25) is 0 Å². The SMILES string of the molecule is CN(CCS)C(=O)O[C@@H]1O[C@H](CO)[C@H](O)[C@H](O)[C@H]1O. The number of nitrogens with zero attached hydrogens (tertiary/aromatic N) is 1. The highest BCUT2D eigenvalue weighted by Gasteiger charge is 2.45. The normalized spacial score (nSPS) is 34.9. The summed E-state index contributed by atoms with van der Waals surface area (Å²) in [5.41, 5.74) is 0. The molecule has 112 valence electrons. The van der Waals surface area contributed by atoms with Crippen molar-refractivity contribution in [2.24, 2.45) is 0 Å². The lowest BCUT2D eigenvalue weighted by atomic mass is 9.99.